The van der Waals surface area contributed by atoms with Crippen LogP contribution in [0.2, 0.25) is 0 Å². The predicted octanol–water partition coefficient (Wildman–Crippen LogP) is 4.82. The lowest BCUT2D eigenvalue weighted by molar-refractivity contribution is -0.0836. The van der Waals surface area contributed by atoms with Crippen molar-refractivity contribution in [3.05, 3.63) is 20.3 Å². The van der Waals surface area contributed by atoms with Crippen molar-refractivity contribution in [2.24, 2.45) is 0 Å². The number of aryl methyl sites for hydroxylation is 1. The van der Waals surface area contributed by atoms with Crippen LogP contribution in [-0.2, 0) is 4.74 Å². The molecule has 4 heteroatoms. The second-order valence-corrected chi connectivity index (χ2v) is 7.66. The third-order valence-corrected chi connectivity index (χ3v) is 6.15. The van der Waals surface area contributed by atoms with Gasteiger partial charge in [0.15, 0.2) is 0 Å². The zero-order valence-corrected chi connectivity index (χ0v) is 14.5. The highest BCUT2D eigenvalue weighted by Gasteiger charge is 2.39. The average Bonchev–Trinajstić information content (AvgIpc) is 2.67. The predicted molar refractivity (Wildman–Crippen MR) is 86.0 cm³/mol. The summed E-state index contributed by atoms with van der Waals surface area (Å²) in [6.07, 6.45) is 5.96. The Morgan fingerprint density at radius 2 is 2.26 bits per heavy atom. The number of hydrogen-bond donors (Lipinski definition) is 1. The van der Waals surface area contributed by atoms with Crippen molar-refractivity contribution in [1.29, 1.82) is 0 Å². The monoisotopic (exact) mass is 345 g/mol. The fourth-order valence-electron chi connectivity index (χ4n) is 2.75. The van der Waals surface area contributed by atoms with Crippen molar-refractivity contribution in [3.63, 3.8) is 0 Å². The van der Waals surface area contributed by atoms with Gasteiger partial charge in [-0.25, -0.2) is 0 Å². The molecule has 1 aromatic rings. The van der Waals surface area contributed by atoms with Gasteiger partial charge in [-0.15, -0.1) is 11.3 Å². The molecule has 2 nitrogen and oxygen atoms in total. The van der Waals surface area contributed by atoms with Gasteiger partial charge in [0.1, 0.15) is 0 Å². The summed E-state index contributed by atoms with van der Waals surface area (Å²) < 4.78 is 7.05. The average molecular weight is 346 g/mol. The van der Waals surface area contributed by atoms with Crippen molar-refractivity contribution < 1.29 is 4.74 Å². The Kier molecular flexibility index (Phi) is 5.46. The molecule has 2 rings (SSSR count). The molecule has 0 radical (unpaired) electrons. The summed E-state index contributed by atoms with van der Waals surface area (Å²) in [7, 11) is 1.87. The molecule has 1 aliphatic rings. The molecule has 1 saturated carbocycles. The van der Waals surface area contributed by atoms with Gasteiger partial charge in [0.2, 0.25) is 0 Å². The molecule has 0 amide bonds. The quantitative estimate of drug-likeness (QED) is 0.764. The van der Waals surface area contributed by atoms with E-state index in [4.69, 9.17) is 4.74 Å². The van der Waals surface area contributed by atoms with Crippen molar-refractivity contribution in [1.82, 2.24) is 5.32 Å². The van der Waals surface area contributed by atoms with E-state index in [1.165, 1.54) is 39.9 Å². The van der Waals surface area contributed by atoms with Crippen LogP contribution in [0.4, 0.5) is 0 Å². The van der Waals surface area contributed by atoms with Gasteiger partial charge in [0, 0.05) is 27.4 Å². The topological polar surface area (TPSA) is 21.3 Å². The normalized spacial score (nSPS) is 19.2. The van der Waals surface area contributed by atoms with Crippen LogP contribution in [0.5, 0.6) is 0 Å². The summed E-state index contributed by atoms with van der Waals surface area (Å²) in [5.41, 5.74) is 0.114. The number of thiophene rings is 1. The first kappa shape index (κ1) is 15.5. The Hall–Kier alpha value is 0.100. The molecule has 1 fully saturated rings. The van der Waals surface area contributed by atoms with Crippen LogP contribution in [0.25, 0.3) is 0 Å². The van der Waals surface area contributed by atoms with Crippen LogP contribution >= 0.6 is 27.3 Å². The van der Waals surface area contributed by atoms with E-state index in [-0.39, 0.29) is 5.60 Å². The molecule has 108 valence electrons. The number of ether oxygens (including phenoxy) is 1. The summed E-state index contributed by atoms with van der Waals surface area (Å²) in [4.78, 5) is 2.79. The zero-order valence-electron chi connectivity index (χ0n) is 12.1. The van der Waals surface area contributed by atoms with Gasteiger partial charge in [0.05, 0.1) is 5.60 Å². The van der Waals surface area contributed by atoms with E-state index in [9.17, 15) is 0 Å². The van der Waals surface area contributed by atoms with Crippen molar-refractivity contribution in [3.8, 4) is 0 Å². The van der Waals surface area contributed by atoms with Gasteiger partial charge >= 0.3 is 0 Å². The maximum absolute atomic E-state index is 5.80. The minimum Gasteiger partial charge on any atom is -0.378 e. The number of halogens is 1. The second-order valence-electron chi connectivity index (χ2n) is 5.52. The molecule has 1 aliphatic carbocycles. The lowest BCUT2D eigenvalue weighted by atomic mass is 9.75. The van der Waals surface area contributed by atoms with Gasteiger partial charge in [0.25, 0.3) is 0 Å². The van der Waals surface area contributed by atoms with Crippen molar-refractivity contribution in [2.45, 2.75) is 57.6 Å². The summed E-state index contributed by atoms with van der Waals surface area (Å²) in [6, 6.07) is 2.63. The largest absolute Gasteiger partial charge is 0.378 e. The van der Waals surface area contributed by atoms with Crippen molar-refractivity contribution >= 4 is 27.3 Å². The molecule has 0 aliphatic heterocycles. The molecule has 0 aromatic carbocycles. The summed E-state index contributed by atoms with van der Waals surface area (Å²) >= 11 is 5.60. The third kappa shape index (κ3) is 3.60. The van der Waals surface area contributed by atoms with Gasteiger partial charge in [-0.05, 0) is 67.6 Å². The smallest absolute Gasteiger partial charge is 0.0697 e. The van der Waals surface area contributed by atoms with E-state index in [0.717, 1.165) is 13.0 Å². The molecular formula is C15H24BrNOS. The van der Waals surface area contributed by atoms with Crippen LogP contribution in [0.15, 0.2) is 10.5 Å². The van der Waals surface area contributed by atoms with Gasteiger partial charge < -0.3 is 10.1 Å². The first-order chi connectivity index (χ1) is 9.10. The van der Waals surface area contributed by atoms with Crippen LogP contribution in [0.3, 0.4) is 0 Å². The molecule has 1 aromatic heterocycles. The van der Waals surface area contributed by atoms with Crippen LogP contribution in [0, 0.1) is 6.92 Å². The van der Waals surface area contributed by atoms with E-state index in [1.807, 2.05) is 18.4 Å². The lowest BCUT2D eigenvalue weighted by Gasteiger charge is -2.43. The van der Waals surface area contributed by atoms with Crippen LogP contribution < -0.4 is 5.32 Å². The third-order valence-electron chi connectivity index (χ3n) is 4.07. The molecular weight excluding hydrogens is 322 g/mol. The SMILES string of the molecule is CCCNC(CC1(OC)CCC1)c1sc(C)cc1Br. The highest BCUT2D eigenvalue weighted by Crippen LogP contribution is 2.44. The Labute approximate surface area is 129 Å². The zero-order chi connectivity index (χ0) is 13.9. The van der Waals surface area contributed by atoms with E-state index in [0.29, 0.717) is 6.04 Å². The number of rotatable bonds is 7. The summed E-state index contributed by atoms with van der Waals surface area (Å²) in [5, 5.41) is 3.70. The van der Waals surface area contributed by atoms with E-state index in [1.54, 1.807) is 0 Å². The second kappa shape index (κ2) is 6.70. The minimum absolute atomic E-state index is 0.114. The summed E-state index contributed by atoms with van der Waals surface area (Å²) in [6.45, 7) is 5.45. The lowest BCUT2D eigenvalue weighted by Crippen LogP contribution is -2.42. The van der Waals surface area contributed by atoms with Crippen LogP contribution in [0.1, 0.15) is 54.8 Å². The maximum Gasteiger partial charge on any atom is 0.0697 e. The van der Waals surface area contributed by atoms with E-state index < -0.39 is 0 Å². The van der Waals surface area contributed by atoms with Gasteiger partial charge in [-0.1, -0.05) is 6.92 Å². The number of hydrogen-bond acceptors (Lipinski definition) is 3. The first-order valence-electron chi connectivity index (χ1n) is 7.14. The standard InChI is InChI=1S/C15H24BrNOS/c1-4-8-17-13(10-15(18-3)6-5-7-15)14-12(16)9-11(2)19-14/h9,13,17H,4-8,10H2,1-3H3. The minimum atomic E-state index is 0.114. The molecule has 1 unspecified atom stereocenters. The van der Waals surface area contributed by atoms with E-state index in [2.05, 4.69) is 41.2 Å². The maximum atomic E-state index is 5.80. The summed E-state index contributed by atoms with van der Waals surface area (Å²) in [5.74, 6) is 0. The molecule has 0 bridgehead atoms. The Morgan fingerprint density at radius 1 is 1.53 bits per heavy atom. The fraction of sp³-hybridized carbons (Fsp3) is 0.733. The van der Waals surface area contributed by atoms with Gasteiger partial charge in [-0.3, -0.25) is 0 Å². The Bertz CT molecular complexity index is 409. The Balaban J connectivity index is 2.13. The molecule has 1 N–H and O–H groups in total. The number of nitrogens with one attached hydrogen (secondary N) is 1. The fourth-order valence-corrected chi connectivity index (χ4v) is 4.75. The molecule has 1 heterocycles. The van der Waals surface area contributed by atoms with E-state index >= 15 is 0 Å². The molecule has 0 saturated heterocycles. The van der Waals surface area contributed by atoms with Crippen molar-refractivity contribution in [2.75, 3.05) is 13.7 Å². The van der Waals surface area contributed by atoms with Gasteiger partial charge in [-0.2, -0.15) is 0 Å². The molecule has 1 atom stereocenters. The first-order valence-corrected chi connectivity index (χ1v) is 8.75. The highest BCUT2D eigenvalue weighted by molar-refractivity contribution is 9.10. The molecule has 0 spiro atoms. The molecule has 19 heavy (non-hydrogen) atoms. The Morgan fingerprint density at radius 3 is 2.68 bits per heavy atom. The number of methoxy groups -OCH3 is 1. The highest BCUT2D eigenvalue weighted by atomic mass is 79.9. The van der Waals surface area contributed by atoms with Crippen LogP contribution in [-0.4, -0.2) is 19.3 Å².